The van der Waals surface area contributed by atoms with Crippen molar-refractivity contribution in [2.45, 2.75) is 50.4 Å². The molecule has 0 aromatic carbocycles. The smallest absolute Gasteiger partial charge is 0.317 e. The first-order valence-electron chi connectivity index (χ1n) is 7.30. The van der Waals surface area contributed by atoms with Gasteiger partial charge in [0.2, 0.25) is 0 Å². The van der Waals surface area contributed by atoms with Gasteiger partial charge in [0.05, 0.1) is 12.3 Å². The van der Waals surface area contributed by atoms with Gasteiger partial charge in [0, 0.05) is 18.3 Å². The first kappa shape index (κ1) is 15.3. The van der Waals surface area contributed by atoms with Gasteiger partial charge in [-0.3, -0.25) is 0 Å². The number of hydrogen-bond donors (Lipinski definition) is 1. The fourth-order valence-corrected chi connectivity index (χ4v) is 3.77. The molecule has 3 atom stereocenters. The van der Waals surface area contributed by atoms with Gasteiger partial charge >= 0.3 is 6.03 Å². The van der Waals surface area contributed by atoms with E-state index in [4.69, 9.17) is 4.42 Å². The van der Waals surface area contributed by atoms with Crippen LogP contribution in [0.4, 0.5) is 4.79 Å². The van der Waals surface area contributed by atoms with Crippen LogP contribution >= 0.6 is 11.8 Å². The highest BCUT2D eigenvalue weighted by molar-refractivity contribution is 7.99. The molecule has 2 amide bonds. The molecule has 0 aliphatic heterocycles. The Morgan fingerprint density at radius 3 is 3.05 bits per heavy atom. The molecule has 20 heavy (non-hydrogen) atoms. The van der Waals surface area contributed by atoms with Crippen molar-refractivity contribution in [2.24, 2.45) is 0 Å². The molecule has 5 heteroatoms. The molecule has 1 N–H and O–H groups in total. The van der Waals surface area contributed by atoms with Gasteiger partial charge in [0.15, 0.2) is 0 Å². The van der Waals surface area contributed by atoms with Gasteiger partial charge in [-0.25, -0.2) is 4.79 Å². The summed E-state index contributed by atoms with van der Waals surface area (Å²) in [6, 6.07) is 4.00. The van der Waals surface area contributed by atoms with E-state index in [1.807, 2.05) is 37.9 Å². The van der Waals surface area contributed by atoms with Crippen LogP contribution in [0.1, 0.15) is 44.9 Å². The van der Waals surface area contributed by atoms with Crippen LogP contribution in [0.3, 0.4) is 0 Å². The van der Waals surface area contributed by atoms with Crippen LogP contribution in [0, 0.1) is 0 Å². The number of carbonyl (C=O) groups excluding carboxylic acids is 1. The highest BCUT2D eigenvalue weighted by atomic mass is 32.2. The van der Waals surface area contributed by atoms with Crippen LogP contribution in [0.25, 0.3) is 0 Å². The monoisotopic (exact) mass is 296 g/mol. The lowest BCUT2D eigenvalue weighted by Crippen LogP contribution is -2.43. The average molecular weight is 296 g/mol. The summed E-state index contributed by atoms with van der Waals surface area (Å²) in [5, 5.41) is 3.85. The Hall–Kier alpha value is -1.10. The minimum Gasteiger partial charge on any atom is -0.467 e. The molecule has 0 spiro atoms. The Labute approximate surface area is 125 Å². The van der Waals surface area contributed by atoms with E-state index >= 15 is 0 Å². The van der Waals surface area contributed by atoms with Gasteiger partial charge in [0.1, 0.15) is 5.76 Å². The molecule has 112 valence electrons. The van der Waals surface area contributed by atoms with Crippen LogP contribution in [0.2, 0.25) is 0 Å². The SMILES string of the molecule is CCSC1CCC(NC(=O)N(C)C(C)c2ccco2)C1. The lowest BCUT2D eigenvalue weighted by Gasteiger charge is -2.25. The van der Waals surface area contributed by atoms with Crippen LogP contribution in [-0.2, 0) is 0 Å². The molecule has 1 aromatic rings. The lowest BCUT2D eigenvalue weighted by molar-refractivity contribution is 0.183. The summed E-state index contributed by atoms with van der Waals surface area (Å²) in [5.74, 6) is 1.97. The van der Waals surface area contributed by atoms with Gasteiger partial charge in [-0.2, -0.15) is 11.8 Å². The summed E-state index contributed by atoms with van der Waals surface area (Å²) in [5.41, 5.74) is 0. The van der Waals surface area contributed by atoms with Crippen molar-refractivity contribution in [3.8, 4) is 0 Å². The first-order chi connectivity index (χ1) is 9.61. The molecule has 0 radical (unpaired) electrons. The molecule has 3 unspecified atom stereocenters. The van der Waals surface area contributed by atoms with Crippen molar-refractivity contribution in [2.75, 3.05) is 12.8 Å². The third-order valence-corrected chi connectivity index (χ3v) is 5.20. The van der Waals surface area contributed by atoms with Crippen molar-refractivity contribution in [3.63, 3.8) is 0 Å². The Bertz CT molecular complexity index is 422. The fourth-order valence-electron chi connectivity index (χ4n) is 2.63. The zero-order chi connectivity index (χ0) is 14.5. The van der Waals surface area contributed by atoms with Gasteiger partial charge in [-0.05, 0) is 44.1 Å². The topological polar surface area (TPSA) is 45.5 Å². The van der Waals surface area contributed by atoms with Crippen molar-refractivity contribution in [3.05, 3.63) is 24.2 Å². The summed E-state index contributed by atoms with van der Waals surface area (Å²) in [6.45, 7) is 4.16. The molecule has 0 saturated heterocycles. The largest absolute Gasteiger partial charge is 0.467 e. The summed E-state index contributed by atoms with van der Waals surface area (Å²) < 4.78 is 5.36. The molecule has 1 aliphatic carbocycles. The standard InChI is InChI=1S/C15H24N2O2S/c1-4-20-13-8-7-12(10-13)16-15(18)17(3)11(2)14-6-5-9-19-14/h5-6,9,11-13H,4,7-8,10H2,1-3H3,(H,16,18). The maximum Gasteiger partial charge on any atom is 0.317 e. The molecule has 1 fully saturated rings. The highest BCUT2D eigenvalue weighted by Gasteiger charge is 2.28. The number of nitrogens with zero attached hydrogens (tertiary/aromatic N) is 1. The Balaban J connectivity index is 1.83. The normalized spacial score (nSPS) is 23.6. The molecular formula is C15H24N2O2S. The lowest BCUT2D eigenvalue weighted by atomic mass is 10.2. The first-order valence-corrected chi connectivity index (χ1v) is 8.35. The minimum atomic E-state index is -0.0489. The average Bonchev–Trinajstić information content (AvgIpc) is 3.09. The van der Waals surface area contributed by atoms with Crippen molar-refractivity contribution in [1.29, 1.82) is 0 Å². The van der Waals surface area contributed by atoms with Gasteiger partial charge in [-0.15, -0.1) is 0 Å². The maximum absolute atomic E-state index is 12.3. The highest BCUT2D eigenvalue weighted by Crippen LogP contribution is 2.30. The van der Waals surface area contributed by atoms with E-state index in [2.05, 4.69) is 12.2 Å². The number of thioether (sulfide) groups is 1. The number of rotatable bonds is 5. The van der Waals surface area contributed by atoms with Crippen molar-refractivity contribution >= 4 is 17.8 Å². The maximum atomic E-state index is 12.3. The van der Waals surface area contributed by atoms with E-state index < -0.39 is 0 Å². The zero-order valence-corrected chi connectivity index (χ0v) is 13.3. The van der Waals surface area contributed by atoms with Gasteiger partial charge in [-0.1, -0.05) is 6.92 Å². The number of carbonyl (C=O) groups is 1. The molecule has 1 aromatic heterocycles. The number of amides is 2. The van der Waals surface area contributed by atoms with E-state index in [9.17, 15) is 4.79 Å². The second-order valence-electron chi connectivity index (χ2n) is 5.34. The Kier molecular flexibility index (Phi) is 5.40. The molecular weight excluding hydrogens is 272 g/mol. The summed E-state index contributed by atoms with van der Waals surface area (Å²) in [6.07, 6.45) is 5.03. The van der Waals surface area contributed by atoms with Crippen LogP contribution in [0.15, 0.2) is 22.8 Å². The van der Waals surface area contributed by atoms with E-state index in [1.54, 1.807) is 11.2 Å². The summed E-state index contributed by atoms with van der Waals surface area (Å²) in [7, 11) is 1.82. The van der Waals surface area contributed by atoms with Gasteiger partial charge in [0.25, 0.3) is 0 Å². The number of hydrogen-bond acceptors (Lipinski definition) is 3. The van der Waals surface area contributed by atoms with Crippen LogP contribution in [-0.4, -0.2) is 35.0 Å². The Morgan fingerprint density at radius 2 is 2.40 bits per heavy atom. The molecule has 4 nitrogen and oxygen atoms in total. The van der Waals surface area contributed by atoms with Crippen molar-refractivity contribution < 1.29 is 9.21 Å². The predicted molar refractivity (Wildman–Crippen MR) is 83.0 cm³/mol. The second kappa shape index (κ2) is 7.07. The number of nitrogens with one attached hydrogen (secondary N) is 1. The van der Waals surface area contributed by atoms with Crippen LogP contribution in [0.5, 0.6) is 0 Å². The van der Waals surface area contributed by atoms with Crippen LogP contribution < -0.4 is 5.32 Å². The summed E-state index contributed by atoms with van der Waals surface area (Å²) in [4.78, 5) is 14.0. The predicted octanol–water partition coefficient (Wildman–Crippen LogP) is 3.66. The molecule has 0 bridgehead atoms. The molecule has 1 aliphatic rings. The van der Waals surface area contributed by atoms with E-state index in [1.165, 1.54) is 6.42 Å². The quantitative estimate of drug-likeness (QED) is 0.902. The fraction of sp³-hybridized carbons (Fsp3) is 0.667. The third kappa shape index (κ3) is 3.72. The van der Waals surface area contributed by atoms with E-state index in [-0.39, 0.29) is 12.1 Å². The van der Waals surface area contributed by atoms with E-state index in [0.717, 1.165) is 24.4 Å². The zero-order valence-electron chi connectivity index (χ0n) is 12.5. The van der Waals surface area contributed by atoms with Gasteiger partial charge < -0.3 is 14.6 Å². The summed E-state index contributed by atoms with van der Waals surface area (Å²) >= 11 is 2.00. The molecule has 2 rings (SSSR count). The number of furan rings is 1. The minimum absolute atomic E-state index is 0.0129. The molecule has 1 saturated carbocycles. The third-order valence-electron chi connectivity index (χ3n) is 3.97. The van der Waals surface area contributed by atoms with Crippen molar-refractivity contribution in [1.82, 2.24) is 10.2 Å². The molecule has 1 heterocycles. The van der Waals surface area contributed by atoms with E-state index in [0.29, 0.717) is 11.3 Å². The number of urea groups is 1. The second-order valence-corrected chi connectivity index (χ2v) is 6.92. The Morgan fingerprint density at radius 1 is 1.60 bits per heavy atom.